The molecule has 1 N–H and O–H groups in total. The Labute approximate surface area is 142 Å². The number of carboxylic acids is 1. The van der Waals surface area contributed by atoms with E-state index in [1.54, 1.807) is 0 Å². The smallest absolute Gasteiger partial charge is 0.308 e. The maximum atomic E-state index is 12.1. The van der Waals surface area contributed by atoms with Gasteiger partial charge in [-0.15, -0.1) is 0 Å². The van der Waals surface area contributed by atoms with Crippen molar-refractivity contribution in [3.05, 3.63) is 27.2 Å². The monoisotopic (exact) mass is 365 g/mol. The van der Waals surface area contributed by atoms with E-state index in [4.69, 9.17) is 44.6 Å². The predicted octanol–water partition coefficient (Wildman–Crippen LogP) is 3.35. The van der Waals surface area contributed by atoms with Crippen LogP contribution in [-0.4, -0.2) is 41.6 Å². The molecule has 2 rings (SSSR count). The molecule has 1 aliphatic rings. The first-order valence-electron chi connectivity index (χ1n) is 6.66. The van der Waals surface area contributed by atoms with Crippen molar-refractivity contribution in [1.29, 1.82) is 0 Å². The number of benzene rings is 1. The van der Waals surface area contributed by atoms with Gasteiger partial charge in [0.1, 0.15) is 5.75 Å². The number of aliphatic carboxylic acids is 1. The lowest BCUT2D eigenvalue weighted by Gasteiger charge is -2.30. The molecule has 1 aromatic carbocycles. The SMILES string of the molecule is O=C(O)C1CCCN(C(=O)COc2cc(Cl)c(Cl)cc2Cl)C1. The zero-order valence-electron chi connectivity index (χ0n) is 11.5. The fourth-order valence-corrected chi connectivity index (χ4v) is 2.84. The van der Waals surface area contributed by atoms with E-state index < -0.39 is 11.9 Å². The van der Waals surface area contributed by atoms with Crippen LogP contribution in [0.3, 0.4) is 0 Å². The van der Waals surface area contributed by atoms with Gasteiger partial charge in [0.05, 0.1) is 21.0 Å². The normalized spacial score (nSPS) is 18.1. The average molecular weight is 367 g/mol. The van der Waals surface area contributed by atoms with Gasteiger partial charge in [0.25, 0.3) is 5.91 Å². The number of nitrogens with zero attached hydrogens (tertiary/aromatic N) is 1. The van der Waals surface area contributed by atoms with Gasteiger partial charge in [-0.1, -0.05) is 34.8 Å². The molecule has 0 aliphatic carbocycles. The summed E-state index contributed by atoms with van der Waals surface area (Å²) in [5.41, 5.74) is 0. The van der Waals surface area contributed by atoms with Crippen molar-refractivity contribution in [2.24, 2.45) is 5.92 Å². The molecule has 1 unspecified atom stereocenters. The second-order valence-corrected chi connectivity index (χ2v) is 6.22. The van der Waals surface area contributed by atoms with Crippen molar-refractivity contribution in [1.82, 2.24) is 4.90 Å². The first-order valence-corrected chi connectivity index (χ1v) is 7.79. The van der Waals surface area contributed by atoms with Gasteiger partial charge in [0.2, 0.25) is 0 Å². The molecule has 1 heterocycles. The Balaban J connectivity index is 1.95. The molecule has 0 aromatic heterocycles. The second-order valence-electron chi connectivity index (χ2n) is 5.00. The number of carbonyl (C=O) groups excluding carboxylic acids is 1. The molecule has 8 heteroatoms. The molecule has 1 aromatic rings. The van der Waals surface area contributed by atoms with E-state index in [1.165, 1.54) is 17.0 Å². The number of hydrogen-bond donors (Lipinski definition) is 1. The lowest BCUT2D eigenvalue weighted by Crippen LogP contribution is -2.44. The van der Waals surface area contributed by atoms with Crippen molar-refractivity contribution in [2.75, 3.05) is 19.7 Å². The molecule has 5 nitrogen and oxygen atoms in total. The Morgan fingerprint density at radius 1 is 1.23 bits per heavy atom. The molecule has 1 amide bonds. The van der Waals surface area contributed by atoms with Crippen LogP contribution in [0.1, 0.15) is 12.8 Å². The quantitative estimate of drug-likeness (QED) is 0.830. The Morgan fingerprint density at radius 3 is 2.59 bits per heavy atom. The van der Waals surface area contributed by atoms with E-state index in [1.807, 2.05) is 0 Å². The summed E-state index contributed by atoms with van der Waals surface area (Å²) in [7, 11) is 0. The summed E-state index contributed by atoms with van der Waals surface area (Å²) in [5.74, 6) is -1.43. The first kappa shape index (κ1) is 17.2. The van der Waals surface area contributed by atoms with Crippen LogP contribution in [0.25, 0.3) is 0 Å². The van der Waals surface area contributed by atoms with Crippen LogP contribution in [0.15, 0.2) is 12.1 Å². The molecule has 0 bridgehead atoms. The van der Waals surface area contributed by atoms with Crippen LogP contribution in [0.5, 0.6) is 5.75 Å². The number of likely N-dealkylation sites (tertiary alicyclic amines) is 1. The van der Waals surface area contributed by atoms with Crippen molar-refractivity contribution in [3.8, 4) is 5.75 Å². The maximum Gasteiger partial charge on any atom is 0.308 e. The summed E-state index contributed by atoms with van der Waals surface area (Å²) in [4.78, 5) is 24.6. The highest BCUT2D eigenvalue weighted by Crippen LogP contribution is 2.33. The number of piperidine rings is 1. The van der Waals surface area contributed by atoms with Gasteiger partial charge in [0.15, 0.2) is 6.61 Å². The molecule has 1 fully saturated rings. The molecule has 22 heavy (non-hydrogen) atoms. The standard InChI is InChI=1S/C14H14Cl3NO4/c15-9-4-11(17)12(5-10(9)16)22-7-13(19)18-3-1-2-8(6-18)14(20)21/h4-5,8H,1-3,6-7H2,(H,20,21). The molecular formula is C14H14Cl3NO4. The Morgan fingerprint density at radius 2 is 1.91 bits per heavy atom. The van der Waals surface area contributed by atoms with Crippen LogP contribution in [0.4, 0.5) is 0 Å². The van der Waals surface area contributed by atoms with Crippen LogP contribution in [-0.2, 0) is 9.59 Å². The third-order valence-electron chi connectivity index (χ3n) is 3.45. The summed E-state index contributed by atoms with van der Waals surface area (Å²) < 4.78 is 5.37. The minimum atomic E-state index is -0.883. The topological polar surface area (TPSA) is 66.8 Å². The minimum Gasteiger partial charge on any atom is -0.482 e. The summed E-state index contributed by atoms with van der Waals surface area (Å²) in [6.07, 6.45) is 1.24. The number of hydrogen-bond acceptors (Lipinski definition) is 3. The molecule has 1 atom stereocenters. The Bertz CT molecular complexity index is 594. The first-order chi connectivity index (χ1) is 10.4. The average Bonchev–Trinajstić information content (AvgIpc) is 2.49. The Hall–Kier alpha value is -1.17. The largest absolute Gasteiger partial charge is 0.482 e. The second kappa shape index (κ2) is 7.40. The van der Waals surface area contributed by atoms with E-state index in [-0.39, 0.29) is 34.9 Å². The molecule has 120 valence electrons. The van der Waals surface area contributed by atoms with Crippen LogP contribution >= 0.6 is 34.8 Å². The summed E-state index contributed by atoms with van der Waals surface area (Å²) >= 11 is 17.7. The number of ether oxygens (including phenoxy) is 1. The maximum absolute atomic E-state index is 12.1. The fraction of sp³-hybridized carbons (Fsp3) is 0.429. The van der Waals surface area contributed by atoms with Crippen LogP contribution < -0.4 is 4.74 Å². The summed E-state index contributed by atoms with van der Waals surface area (Å²) in [6, 6.07) is 2.88. The van der Waals surface area contributed by atoms with Crippen molar-refractivity contribution in [3.63, 3.8) is 0 Å². The lowest BCUT2D eigenvalue weighted by atomic mass is 9.98. The number of halogens is 3. The van der Waals surface area contributed by atoms with E-state index in [0.29, 0.717) is 24.4 Å². The van der Waals surface area contributed by atoms with E-state index in [2.05, 4.69) is 0 Å². The van der Waals surface area contributed by atoms with E-state index in [0.717, 1.165) is 0 Å². The summed E-state index contributed by atoms with van der Waals surface area (Å²) in [6.45, 7) is 0.498. The van der Waals surface area contributed by atoms with Gasteiger partial charge in [0, 0.05) is 19.2 Å². The third-order valence-corrected chi connectivity index (χ3v) is 4.47. The van der Waals surface area contributed by atoms with E-state index in [9.17, 15) is 9.59 Å². The zero-order valence-corrected chi connectivity index (χ0v) is 13.8. The van der Waals surface area contributed by atoms with Crippen LogP contribution in [0.2, 0.25) is 15.1 Å². The molecule has 1 aliphatic heterocycles. The van der Waals surface area contributed by atoms with Gasteiger partial charge in [-0.25, -0.2) is 0 Å². The molecule has 0 saturated carbocycles. The van der Waals surface area contributed by atoms with Gasteiger partial charge in [-0.2, -0.15) is 0 Å². The van der Waals surface area contributed by atoms with Gasteiger partial charge < -0.3 is 14.7 Å². The lowest BCUT2D eigenvalue weighted by molar-refractivity contribution is -0.146. The van der Waals surface area contributed by atoms with Crippen molar-refractivity contribution < 1.29 is 19.4 Å². The highest BCUT2D eigenvalue weighted by atomic mass is 35.5. The molecular weight excluding hydrogens is 353 g/mol. The fourth-order valence-electron chi connectivity index (χ4n) is 2.25. The molecule has 0 spiro atoms. The van der Waals surface area contributed by atoms with Crippen LogP contribution in [0, 0.1) is 5.92 Å². The van der Waals surface area contributed by atoms with Crippen molar-refractivity contribution >= 4 is 46.7 Å². The number of rotatable bonds is 4. The highest BCUT2D eigenvalue weighted by molar-refractivity contribution is 6.43. The van der Waals surface area contributed by atoms with E-state index >= 15 is 0 Å². The van der Waals surface area contributed by atoms with Gasteiger partial charge >= 0.3 is 5.97 Å². The minimum absolute atomic E-state index is 0.201. The van der Waals surface area contributed by atoms with Crippen molar-refractivity contribution in [2.45, 2.75) is 12.8 Å². The van der Waals surface area contributed by atoms with Gasteiger partial charge in [-0.3, -0.25) is 9.59 Å². The summed E-state index contributed by atoms with van der Waals surface area (Å²) in [5, 5.41) is 9.85. The zero-order chi connectivity index (χ0) is 16.3. The van der Waals surface area contributed by atoms with Gasteiger partial charge in [-0.05, 0) is 18.9 Å². The molecule has 0 radical (unpaired) electrons. The number of amides is 1. The Kier molecular flexibility index (Phi) is 5.78. The highest BCUT2D eigenvalue weighted by Gasteiger charge is 2.28. The molecule has 1 saturated heterocycles. The predicted molar refractivity (Wildman–Crippen MR) is 83.9 cm³/mol. The number of carboxylic acid groups (broad SMARTS) is 1. The third kappa shape index (κ3) is 4.18. The number of carbonyl (C=O) groups is 2.